The number of aromatic nitrogens is 1. The quantitative estimate of drug-likeness (QED) is 0.177. The number of ether oxygens (including phenoxy) is 4. The first-order valence-electron chi connectivity index (χ1n) is 13.9. The summed E-state index contributed by atoms with van der Waals surface area (Å²) in [5.74, 6) is 1.19. The van der Waals surface area contributed by atoms with Gasteiger partial charge < -0.3 is 18.9 Å². The molecular weight excluding hydrogens is 712 g/mol. The van der Waals surface area contributed by atoms with E-state index in [2.05, 4.69) is 36.9 Å². The number of hydrogen-bond donors (Lipinski definition) is 0. The molecule has 3 aromatic carbocycles. The highest BCUT2D eigenvalue weighted by atomic mass is 79.9. The maximum atomic E-state index is 14.1. The molecule has 44 heavy (non-hydrogen) atoms. The lowest BCUT2D eigenvalue weighted by Gasteiger charge is -2.25. The molecular formula is C33H30Br2N2O6S. The largest absolute Gasteiger partial charge is 0.493 e. The molecule has 0 unspecified atom stereocenters. The third-order valence-corrected chi connectivity index (χ3v) is 9.03. The number of rotatable bonds is 10. The number of halogens is 2. The van der Waals surface area contributed by atoms with E-state index in [9.17, 15) is 9.59 Å². The van der Waals surface area contributed by atoms with Crippen LogP contribution in [0.1, 0.15) is 43.5 Å². The van der Waals surface area contributed by atoms with Gasteiger partial charge in [-0.3, -0.25) is 9.36 Å². The summed E-state index contributed by atoms with van der Waals surface area (Å²) < 4.78 is 26.3. The molecule has 11 heteroatoms. The average molecular weight is 742 g/mol. The van der Waals surface area contributed by atoms with Crippen molar-refractivity contribution < 1.29 is 23.7 Å². The Morgan fingerprint density at radius 2 is 1.73 bits per heavy atom. The number of thiazole rings is 1. The van der Waals surface area contributed by atoms with Gasteiger partial charge in [0.1, 0.15) is 12.4 Å². The highest BCUT2D eigenvalue weighted by Crippen LogP contribution is 2.37. The second kappa shape index (κ2) is 14.0. The van der Waals surface area contributed by atoms with Crippen LogP contribution >= 0.6 is 43.2 Å². The van der Waals surface area contributed by atoms with E-state index in [4.69, 9.17) is 18.9 Å². The number of carbonyl (C=O) groups excluding carboxylic acids is 1. The molecule has 5 rings (SSSR count). The van der Waals surface area contributed by atoms with Gasteiger partial charge in [-0.15, -0.1) is 0 Å². The second-order valence-electron chi connectivity index (χ2n) is 9.73. The van der Waals surface area contributed by atoms with Gasteiger partial charge in [-0.1, -0.05) is 47.7 Å². The smallest absolute Gasteiger partial charge is 0.338 e. The van der Waals surface area contributed by atoms with Crippen molar-refractivity contribution in [2.45, 2.75) is 33.4 Å². The van der Waals surface area contributed by atoms with Crippen molar-refractivity contribution in [3.8, 4) is 17.2 Å². The summed E-state index contributed by atoms with van der Waals surface area (Å²) in [6.07, 6.45) is 1.81. The molecule has 1 aliphatic heterocycles. The Hall–Kier alpha value is -3.67. The summed E-state index contributed by atoms with van der Waals surface area (Å²) in [6, 6.07) is 18.3. The SMILES string of the molecule is CCOC(=O)C1=C(C)N=c2s/c(=C\c3cc(Br)c(OCc4ccccc4)c(Br)c3)c(=O)n2[C@@H]1c1ccc(OC)c(OCC)c1. The first kappa shape index (κ1) is 31.7. The van der Waals surface area contributed by atoms with Crippen molar-refractivity contribution in [2.24, 2.45) is 4.99 Å². The van der Waals surface area contributed by atoms with E-state index in [0.29, 0.717) is 56.6 Å². The molecule has 0 saturated carbocycles. The monoisotopic (exact) mass is 740 g/mol. The summed E-state index contributed by atoms with van der Waals surface area (Å²) in [4.78, 5) is 32.5. The summed E-state index contributed by atoms with van der Waals surface area (Å²) in [6.45, 7) is 6.40. The van der Waals surface area contributed by atoms with Crippen LogP contribution in [0.25, 0.3) is 6.08 Å². The number of fused-ring (bicyclic) bond motifs is 1. The van der Waals surface area contributed by atoms with Gasteiger partial charge in [0, 0.05) is 0 Å². The lowest BCUT2D eigenvalue weighted by Crippen LogP contribution is -2.40. The third-order valence-electron chi connectivity index (χ3n) is 6.86. The molecule has 0 bridgehead atoms. The van der Waals surface area contributed by atoms with Gasteiger partial charge in [0.25, 0.3) is 5.56 Å². The number of benzene rings is 3. The number of esters is 1. The van der Waals surface area contributed by atoms with Gasteiger partial charge in [0.2, 0.25) is 0 Å². The maximum Gasteiger partial charge on any atom is 0.338 e. The molecule has 1 aromatic heterocycles. The minimum absolute atomic E-state index is 0.189. The summed E-state index contributed by atoms with van der Waals surface area (Å²) in [5, 5.41) is 0. The van der Waals surface area contributed by atoms with Crippen molar-refractivity contribution in [1.29, 1.82) is 0 Å². The Labute approximate surface area is 275 Å². The molecule has 0 radical (unpaired) electrons. The van der Waals surface area contributed by atoms with Crippen LogP contribution in [0.5, 0.6) is 17.2 Å². The molecule has 8 nitrogen and oxygen atoms in total. The fraction of sp³-hybridized carbons (Fsp3) is 0.242. The van der Waals surface area contributed by atoms with Gasteiger partial charge in [0.15, 0.2) is 16.3 Å². The summed E-state index contributed by atoms with van der Waals surface area (Å²) in [7, 11) is 1.56. The molecule has 4 aromatic rings. The zero-order valence-corrected chi connectivity index (χ0v) is 28.5. The van der Waals surface area contributed by atoms with Crippen LogP contribution in [0, 0.1) is 0 Å². The van der Waals surface area contributed by atoms with Gasteiger partial charge in [-0.05, 0) is 99.7 Å². The van der Waals surface area contributed by atoms with Crippen molar-refractivity contribution in [2.75, 3.05) is 20.3 Å². The molecule has 2 heterocycles. The zero-order valence-electron chi connectivity index (χ0n) is 24.6. The minimum atomic E-state index is -0.773. The average Bonchev–Trinajstić information content (AvgIpc) is 3.30. The first-order valence-corrected chi connectivity index (χ1v) is 16.3. The predicted octanol–water partition coefficient (Wildman–Crippen LogP) is 6.31. The number of allylic oxidation sites excluding steroid dienone is 1. The third kappa shape index (κ3) is 6.55. The molecule has 1 atom stereocenters. The molecule has 0 fully saturated rings. The van der Waals surface area contributed by atoms with E-state index in [0.717, 1.165) is 20.1 Å². The van der Waals surface area contributed by atoms with Crippen molar-refractivity contribution in [1.82, 2.24) is 4.57 Å². The second-order valence-corrected chi connectivity index (χ2v) is 12.5. The Balaban J connectivity index is 1.59. The highest BCUT2D eigenvalue weighted by Gasteiger charge is 2.34. The van der Waals surface area contributed by atoms with Crippen LogP contribution in [0.4, 0.5) is 0 Å². The molecule has 0 spiro atoms. The Kier molecular flexibility index (Phi) is 10.1. The van der Waals surface area contributed by atoms with Crippen molar-refractivity contribution in [3.05, 3.63) is 117 Å². The van der Waals surface area contributed by atoms with Gasteiger partial charge >= 0.3 is 5.97 Å². The van der Waals surface area contributed by atoms with E-state index in [1.54, 1.807) is 43.7 Å². The van der Waals surface area contributed by atoms with Gasteiger partial charge in [-0.25, -0.2) is 9.79 Å². The van der Waals surface area contributed by atoms with E-state index in [1.165, 1.54) is 11.3 Å². The van der Waals surface area contributed by atoms with E-state index >= 15 is 0 Å². The number of hydrogen-bond acceptors (Lipinski definition) is 8. The van der Waals surface area contributed by atoms with E-state index < -0.39 is 12.0 Å². The fourth-order valence-electron chi connectivity index (χ4n) is 4.92. The lowest BCUT2D eigenvalue weighted by molar-refractivity contribution is -0.139. The number of methoxy groups -OCH3 is 1. The Morgan fingerprint density at radius 3 is 2.39 bits per heavy atom. The Morgan fingerprint density at radius 1 is 1.00 bits per heavy atom. The van der Waals surface area contributed by atoms with Crippen LogP contribution in [0.3, 0.4) is 0 Å². The molecule has 0 aliphatic carbocycles. The van der Waals surface area contributed by atoms with Crippen LogP contribution in [0.2, 0.25) is 0 Å². The van der Waals surface area contributed by atoms with Crippen LogP contribution in [0.15, 0.2) is 90.7 Å². The summed E-state index contributed by atoms with van der Waals surface area (Å²) in [5.41, 5.74) is 3.00. The van der Waals surface area contributed by atoms with Gasteiger partial charge in [0.05, 0.1) is 51.1 Å². The van der Waals surface area contributed by atoms with E-state index in [-0.39, 0.29) is 12.2 Å². The summed E-state index contributed by atoms with van der Waals surface area (Å²) >= 11 is 8.50. The van der Waals surface area contributed by atoms with E-state index in [1.807, 2.05) is 55.5 Å². The van der Waals surface area contributed by atoms with Crippen LogP contribution in [-0.2, 0) is 16.1 Å². The minimum Gasteiger partial charge on any atom is -0.493 e. The molecule has 0 amide bonds. The predicted molar refractivity (Wildman–Crippen MR) is 177 cm³/mol. The molecule has 0 N–H and O–H groups in total. The first-order chi connectivity index (χ1) is 21.2. The standard InChI is InChI=1S/C33H30Br2N2O6S/c1-5-41-26-17-22(12-13-25(26)40-4)29-28(32(39)42-6-2)19(3)36-33-37(29)31(38)27(44-33)16-21-14-23(34)30(24(35)15-21)43-18-20-10-8-7-9-11-20/h7-17,29H,5-6,18H2,1-4H3/b27-16-/t29-/m1/s1. The molecule has 228 valence electrons. The number of carbonyl (C=O) groups is 1. The van der Waals surface area contributed by atoms with Crippen LogP contribution in [-0.4, -0.2) is 30.9 Å². The lowest BCUT2D eigenvalue weighted by atomic mass is 9.95. The van der Waals surface area contributed by atoms with Gasteiger partial charge in [-0.2, -0.15) is 0 Å². The fourth-order valence-corrected chi connectivity index (χ4v) is 7.42. The van der Waals surface area contributed by atoms with Crippen LogP contribution < -0.4 is 29.1 Å². The number of nitrogens with zero attached hydrogens (tertiary/aromatic N) is 2. The van der Waals surface area contributed by atoms with Crippen molar-refractivity contribution >= 4 is 55.2 Å². The topological polar surface area (TPSA) is 88.4 Å². The highest BCUT2D eigenvalue weighted by molar-refractivity contribution is 9.11. The molecule has 0 saturated heterocycles. The molecule has 1 aliphatic rings. The Bertz CT molecular complexity index is 1890. The van der Waals surface area contributed by atoms with Crippen molar-refractivity contribution in [3.63, 3.8) is 0 Å². The maximum absolute atomic E-state index is 14.1. The zero-order chi connectivity index (χ0) is 31.4. The normalized spacial score (nSPS) is 14.6.